The predicted molar refractivity (Wildman–Crippen MR) is 102 cm³/mol. The van der Waals surface area contributed by atoms with Gasteiger partial charge in [-0.1, -0.05) is 49.4 Å². The lowest BCUT2D eigenvalue weighted by Gasteiger charge is -2.04. The molecule has 0 saturated heterocycles. The zero-order valence-corrected chi connectivity index (χ0v) is 15.3. The third-order valence-corrected chi connectivity index (χ3v) is 3.43. The van der Waals surface area contributed by atoms with E-state index in [1.165, 1.54) is 0 Å². The lowest BCUT2D eigenvalue weighted by Crippen LogP contribution is -2.38. The molecule has 1 aliphatic rings. The molecule has 0 fully saturated rings. The molecule has 0 radical (unpaired) electrons. The van der Waals surface area contributed by atoms with Crippen molar-refractivity contribution in [3.63, 3.8) is 0 Å². The first-order valence-corrected chi connectivity index (χ1v) is 8.08. The van der Waals surface area contributed by atoms with Crippen molar-refractivity contribution in [2.45, 2.75) is 26.0 Å². The van der Waals surface area contributed by atoms with Gasteiger partial charge in [0.1, 0.15) is 25.0 Å². The summed E-state index contributed by atoms with van der Waals surface area (Å²) in [6, 6.07) is 16.3. The van der Waals surface area contributed by atoms with E-state index in [4.69, 9.17) is 15.2 Å². The standard InChI is InChI=1S/C10H12O2.C9H10N2O2.ClH/c1-2-10(11)12-8-9-6-4-3-5-7-9;10-6-5-13-8-4-2-1-3-7(8)11-9(6)12;/h3-7H,2,8H2,1H3;1-4,6H,5,10H2,(H,11,12);1H/t;6-;/m.0./s1. The van der Waals surface area contributed by atoms with E-state index in [1.807, 2.05) is 42.5 Å². The molecule has 1 amide bonds. The maximum atomic E-state index is 11.3. The molecule has 0 unspecified atom stereocenters. The number of halogens is 1. The molecular formula is C19H23ClN2O4. The first kappa shape index (κ1) is 21.5. The van der Waals surface area contributed by atoms with Gasteiger partial charge in [-0.05, 0) is 17.7 Å². The molecule has 0 saturated carbocycles. The molecule has 3 rings (SSSR count). The second kappa shape index (κ2) is 11.1. The van der Waals surface area contributed by atoms with Crippen LogP contribution in [0, 0.1) is 0 Å². The molecule has 0 aliphatic carbocycles. The van der Waals surface area contributed by atoms with Crippen molar-refractivity contribution in [1.82, 2.24) is 0 Å². The van der Waals surface area contributed by atoms with Gasteiger partial charge in [-0.2, -0.15) is 0 Å². The Hall–Kier alpha value is -2.57. The van der Waals surface area contributed by atoms with Crippen LogP contribution in [0.2, 0.25) is 0 Å². The van der Waals surface area contributed by atoms with Crippen LogP contribution < -0.4 is 15.8 Å². The highest BCUT2D eigenvalue weighted by molar-refractivity contribution is 5.96. The van der Waals surface area contributed by atoms with Crippen LogP contribution in [0.5, 0.6) is 5.75 Å². The number of benzene rings is 2. The molecule has 1 aliphatic heterocycles. The fraction of sp³-hybridized carbons (Fsp3) is 0.263. The summed E-state index contributed by atoms with van der Waals surface area (Å²) in [5.41, 5.74) is 7.23. The molecule has 1 atom stereocenters. The molecule has 140 valence electrons. The normalized spacial score (nSPS) is 14.8. The fourth-order valence-electron chi connectivity index (χ4n) is 2.02. The Labute approximate surface area is 159 Å². The molecule has 0 aromatic heterocycles. The van der Waals surface area contributed by atoms with Crippen LogP contribution in [0.3, 0.4) is 0 Å². The zero-order valence-electron chi connectivity index (χ0n) is 14.5. The number of hydrogen-bond donors (Lipinski definition) is 2. The summed E-state index contributed by atoms with van der Waals surface area (Å²) >= 11 is 0. The van der Waals surface area contributed by atoms with E-state index < -0.39 is 6.04 Å². The Kier molecular flexibility index (Phi) is 9.19. The molecule has 2 aromatic carbocycles. The van der Waals surface area contributed by atoms with Crippen molar-refractivity contribution in [2.75, 3.05) is 11.9 Å². The van der Waals surface area contributed by atoms with E-state index in [-0.39, 0.29) is 30.9 Å². The lowest BCUT2D eigenvalue weighted by molar-refractivity contribution is -0.144. The number of para-hydroxylation sites is 2. The molecule has 0 spiro atoms. The number of esters is 1. The Morgan fingerprint density at radius 2 is 1.85 bits per heavy atom. The van der Waals surface area contributed by atoms with Crippen LogP contribution in [-0.2, 0) is 20.9 Å². The van der Waals surface area contributed by atoms with Gasteiger partial charge in [0, 0.05) is 6.42 Å². The fourth-order valence-corrected chi connectivity index (χ4v) is 2.02. The van der Waals surface area contributed by atoms with E-state index >= 15 is 0 Å². The molecule has 7 heteroatoms. The molecule has 6 nitrogen and oxygen atoms in total. The maximum absolute atomic E-state index is 11.3. The van der Waals surface area contributed by atoms with Crippen LogP contribution in [0.1, 0.15) is 18.9 Å². The largest absolute Gasteiger partial charge is 0.489 e. The minimum atomic E-state index is -0.590. The lowest BCUT2D eigenvalue weighted by atomic mass is 10.2. The second-order valence-corrected chi connectivity index (χ2v) is 5.40. The van der Waals surface area contributed by atoms with Gasteiger partial charge in [0.25, 0.3) is 0 Å². The van der Waals surface area contributed by atoms with Gasteiger partial charge in [0.2, 0.25) is 5.91 Å². The van der Waals surface area contributed by atoms with Crippen LogP contribution in [0.25, 0.3) is 0 Å². The number of carbonyl (C=O) groups is 2. The summed E-state index contributed by atoms with van der Waals surface area (Å²) in [6.07, 6.45) is 0.437. The van der Waals surface area contributed by atoms with Crippen molar-refractivity contribution in [3.8, 4) is 5.75 Å². The summed E-state index contributed by atoms with van der Waals surface area (Å²) in [7, 11) is 0. The van der Waals surface area contributed by atoms with Gasteiger partial charge in [0.05, 0.1) is 5.69 Å². The van der Waals surface area contributed by atoms with Crippen LogP contribution in [0.15, 0.2) is 54.6 Å². The number of nitrogens with two attached hydrogens (primary N) is 1. The Balaban J connectivity index is 0.000000251. The number of rotatable bonds is 3. The number of anilines is 1. The second-order valence-electron chi connectivity index (χ2n) is 5.40. The minimum Gasteiger partial charge on any atom is -0.489 e. The van der Waals surface area contributed by atoms with Crippen LogP contribution >= 0.6 is 12.4 Å². The monoisotopic (exact) mass is 378 g/mol. The summed E-state index contributed by atoms with van der Waals surface area (Å²) in [5.74, 6) is 0.313. The van der Waals surface area contributed by atoms with Crippen molar-refractivity contribution in [2.24, 2.45) is 5.73 Å². The molecular weight excluding hydrogens is 356 g/mol. The first-order chi connectivity index (χ1) is 12.1. The van der Waals surface area contributed by atoms with E-state index in [0.717, 1.165) is 5.56 Å². The summed E-state index contributed by atoms with van der Waals surface area (Å²) in [6.45, 7) is 2.39. The topological polar surface area (TPSA) is 90.7 Å². The smallest absolute Gasteiger partial charge is 0.305 e. The molecule has 1 heterocycles. The Bertz CT molecular complexity index is 710. The zero-order chi connectivity index (χ0) is 18.1. The van der Waals surface area contributed by atoms with Gasteiger partial charge in [-0.3, -0.25) is 9.59 Å². The average Bonchev–Trinajstić information content (AvgIpc) is 2.80. The van der Waals surface area contributed by atoms with Crippen LogP contribution in [-0.4, -0.2) is 24.5 Å². The average molecular weight is 379 g/mol. The van der Waals surface area contributed by atoms with E-state index in [2.05, 4.69) is 5.32 Å². The number of amides is 1. The molecule has 26 heavy (non-hydrogen) atoms. The van der Waals surface area contributed by atoms with Crippen molar-refractivity contribution < 1.29 is 19.1 Å². The number of carbonyl (C=O) groups excluding carboxylic acids is 2. The summed E-state index contributed by atoms with van der Waals surface area (Å²) < 4.78 is 10.3. The highest BCUT2D eigenvalue weighted by Gasteiger charge is 2.20. The SMILES string of the molecule is CCC(=O)OCc1ccccc1.Cl.N[C@H]1COc2ccccc2NC1=O. The van der Waals surface area contributed by atoms with Crippen molar-refractivity contribution in [1.29, 1.82) is 0 Å². The molecule has 2 aromatic rings. The Morgan fingerprint density at radius 3 is 2.54 bits per heavy atom. The van der Waals surface area contributed by atoms with E-state index in [0.29, 0.717) is 24.5 Å². The van der Waals surface area contributed by atoms with Gasteiger partial charge >= 0.3 is 5.97 Å². The number of nitrogens with one attached hydrogen (secondary N) is 1. The number of ether oxygens (including phenoxy) is 2. The quantitative estimate of drug-likeness (QED) is 0.801. The van der Waals surface area contributed by atoms with Gasteiger partial charge in [-0.25, -0.2) is 0 Å². The van der Waals surface area contributed by atoms with E-state index in [9.17, 15) is 9.59 Å². The number of hydrogen-bond acceptors (Lipinski definition) is 5. The third kappa shape index (κ3) is 6.74. The molecule has 3 N–H and O–H groups in total. The minimum absolute atomic E-state index is 0. The summed E-state index contributed by atoms with van der Waals surface area (Å²) in [5, 5.41) is 2.68. The highest BCUT2D eigenvalue weighted by Crippen LogP contribution is 2.25. The van der Waals surface area contributed by atoms with Gasteiger partial charge in [-0.15, -0.1) is 12.4 Å². The van der Waals surface area contributed by atoms with Crippen LogP contribution in [0.4, 0.5) is 5.69 Å². The predicted octanol–water partition coefficient (Wildman–Crippen LogP) is 2.91. The van der Waals surface area contributed by atoms with Crippen molar-refractivity contribution >= 4 is 30.0 Å². The first-order valence-electron chi connectivity index (χ1n) is 8.08. The Morgan fingerprint density at radius 1 is 1.19 bits per heavy atom. The van der Waals surface area contributed by atoms with Crippen molar-refractivity contribution in [3.05, 3.63) is 60.2 Å². The number of fused-ring (bicyclic) bond motifs is 1. The summed E-state index contributed by atoms with van der Waals surface area (Å²) in [4.78, 5) is 22.0. The third-order valence-electron chi connectivity index (χ3n) is 3.43. The molecule has 0 bridgehead atoms. The maximum Gasteiger partial charge on any atom is 0.305 e. The van der Waals surface area contributed by atoms with E-state index in [1.54, 1.807) is 19.1 Å². The van der Waals surface area contributed by atoms with Gasteiger partial charge < -0.3 is 20.5 Å². The highest BCUT2D eigenvalue weighted by atomic mass is 35.5. The van der Waals surface area contributed by atoms with Gasteiger partial charge in [0.15, 0.2) is 0 Å².